The maximum Gasteiger partial charge on any atom is 0.270 e. The lowest BCUT2D eigenvalue weighted by molar-refractivity contribution is -0.384. The third-order valence-corrected chi connectivity index (χ3v) is 4.80. The molecule has 132 valence electrons. The van der Waals surface area contributed by atoms with Crippen LogP contribution in [0.5, 0.6) is 5.75 Å². The lowest BCUT2D eigenvalue weighted by Crippen LogP contribution is -2.24. The molecule has 0 heterocycles. The summed E-state index contributed by atoms with van der Waals surface area (Å²) in [6.07, 6.45) is 0. The number of rotatable bonds is 6. The van der Waals surface area contributed by atoms with E-state index in [9.17, 15) is 28.4 Å². The second-order valence-corrected chi connectivity index (χ2v) is 6.87. The number of hydrogen-bond acceptors (Lipinski definition) is 6. The van der Waals surface area contributed by atoms with Gasteiger partial charge in [-0.25, -0.2) is 13.1 Å². The van der Waals surface area contributed by atoms with Crippen molar-refractivity contribution in [3.05, 3.63) is 63.7 Å². The summed E-state index contributed by atoms with van der Waals surface area (Å²) in [6, 6.07) is 8.86. The number of non-ortho nitro benzene ring substituents is 1. The van der Waals surface area contributed by atoms with E-state index in [0.29, 0.717) is 0 Å². The first-order chi connectivity index (χ1) is 11.7. The molecule has 9 nitrogen and oxygen atoms in total. The van der Waals surface area contributed by atoms with Crippen LogP contribution in [-0.2, 0) is 16.6 Å². The lowest BCUT2D eigenvalue weighted by atomic mass is 10.1. The first kappa shape index (κ1) is 18.4. The highest BCUT2D eigenvalue weighted by Gasteiger charge is 2.15. The zero-order valence-corrected chi connectivity index (χ0v) is 13.9. The van der Waals surface area contributed by atoms with Crippen LogP contribution in [0.4, 0.5) is 5.69 Å². The fourth-order valence-corrected chi connectivity index (χ4v) is 2.80. The van der Waals surface area contributed by atoms with Crippen molar-refractivity contribution in [2.45, 2.75) is 11.4 Å². The Morgan fingerprint density at radius 3 is 2.60 bits per heavy atom. The molecular weight excluding hydrogens is 350 g/mol. The average molecular weight is 365 g/mol. The van der Waals surface area contributed by atoms with E-state index >= 15 is 0 Å². The van der Waals surface area contributed by atoms with Gasteiger partial charge in [-0.3, -0.25) is 14.9 Å². The molecule has 0 radical (unpaired) electrons. The van der Waals surface area contributed by atoms with E-state index in [1.807, 2.05) is 0 Å². The predicted octanol–water partition coefficient (Wildman–Crippen LogP) is 1.14. The Labute approximate surface area is 143 Å². The number of carbonyl (C=O) groups is 1. The van der Waals surface area contributed by atoms with Gasteiger partial charge in [0.05, 0.1) is 9.82 Å². The van der Waals surface area contributed by atoms with Gasteiger partial charge in [0.15, 0.2) is 0 Å². The first-order valence-electron chi connectivity index (χ1n) is 7.02. The minimum Gasteiger partial charge on any atom is -0.508 e. The summed E-state index contributed by atoms with van der Waals surface area (Å²) in [4.78, 5) is 22.2. The first-order valence-corrected chi connectivity index (χ1v) is 8.51. The summed E-state index contributed by atoms with van der Waals surface area (Å²) in [7, 11) is -2.43. The zero-order valence-electron chi connectivity index (χ0n) is 13.1. The van der Waals surface area contributed by atoms with E-state index in [2.05, 4.69) is 10.0 Å². The molecule has 2 aromatic rings. The van der Waals surface area contributed by atoms with Crippen molar-refractivity contribution in [2.75, 3.05) is 7.05 Å². The Kier molecular flexibility index (Phi) is 5.35. The van der Waals surface area contributed by atoms with E-state index in [1.165, 1.54) is 37.4 Å². The van der Waals surface area contributed by atoms with Crippen LogP contribution in [0.25, 0.3) is 0 Å². The summed E-state index contributed by atoms with van der Waals surface area (Å²) in [5.74, 6) is -0.781. The van der Waals surface area contributed by atoms with Crippen LogP contribution in [0.3, 0.4) is 0 Å². The van der Waals surface area contributed by atoms with E-state index in [-0.39, 0.29) is 34.0 Å². The second kappa shape index (κ2) is 7.28. The number of sulfonamides is 1. The molecule has 2 aromatic carbocycles. The molecule has 0 bridgehead atoms. The molecule has 0 spiro atoms. The molecule has 1 amide bonds. The number of phenolic OH excluding ortho intramolecular Hbond substituents is 1. The third kappa shape index (κ3) is 4.31. The molecule has 10 heteroatoms. The van der Waals surface area contributed by atoms with Gasteiger partial charge >= 0.3 is 0 Å². The summed E-state index contributed by atoms with van der Waals surface area (Å²) in [6.45, 7) is -0.157. The minimum atomic E-state index is -3.69. The minimum absolute atomic E-state index is 0.0687. The average Bonchev–Trinajstić information content (AvgIpc) is 2.60. The number of benzene rings is 2. The SMILES string of the molecule is CNS(=O)(=O)c1cccc(C(=O)NCc2cc([N+](=O)[O-])ccc2O)c1. The maximum absolute atomic E-state index is 12.2. The highest BCUT2D eigenvalue weighted by atomic mass is 32.2. The summed E-state index contributed by atoms with van der Waals surface area (Å²) >= 11 is 0. The second-order valence-electron chi connectivity index (χ2n) is 4.99. The Balaban J connectivity index is 2.18. The van der Waals surface area contributed by atoms with Gasteiger partial charge in [-0.05, 0) is 31.3 Å². The predicted molar refractivity (Wildman–Crippen MR) is 88.6 cm³/mol. The van der Waals surface area contributed by atoms with Crippen molar-refractivity contribution in [2.24, 2.45) is 0 Å². The highest BCUT2D eigenvalue weighted by molar-refractivity contribution is 7.89. The van der Waals surface area contributed by atoms with Gasteiger partial charge < -0.3 is 10.4 Å². The molecule has 0 aliphatic rings. The van der Waals surface area contributed by atoms with Crippen molar-refractivity contribution >= 4 is 21.6 Å². The van der Waals surface area contributed by atoms with E-state index in [4.69, 9.17) is 0 Å². The monoisotopic (exact) mass is 365 g/mol. The summed E-state index contributed by atoms with van der Waals surface area (Å²) < 4.78 is 25.7. The number of amides is 1. The van der Waals surface area contributed by atoms with Crippen molar-refractivity contribution in [1.29, 1.82) is 0 Å². The van der Waals surface area contributed by atoms with Crippen molar-refractivity contribution in [3.8, 4) is 5.75 Å². The fraction of sp³-hybridized carbons (Fsp3) is 0.133. The van der Waals surface area contributed by atoms with Gasteiger partial charge in [-0.1, -0.05) is 6.07 Å². The number of nitrogens with one attached hydrogen (secondary N) is 2. The molecule has 0 atom stereocenters. The number of nitro benzene ring substituents is 1. The number of aromatic hydroxyl groups is 1. The van der Waals surface area contributed by atoms with Crippen LogP contribution >= 0.6 is 0 Å². The third-order valence-electron chi connectivity index (χ3n) is 3.39. The normalized spacial score (nSPS) is 11.1. The molecule has 0 saturated heterocycles. The summed E-state index contributed by atoms with van der Waals surface area (Å²) in [5, 5.41) is 23.0. The smallest absolute Gasteiger partial charge is 0.270 e. The Hall–Kier alpha value is -2.98. The quantitative estimate of drug-likeness (QED) is 0.518. The van der Waals surface area contributed by atoms with Gasteiger partial charge in [0, 0.05) is 29.8 Å². The molecule has 0 saturated carbocycles. The van der Waals surface area contributed by atoms with Crippen LogP contribution in [0.1, 0.15) is 15.9 Å². The topological polar surface area (TPSA) is 139 Å². The van der Waals surface area contributed by atoms with Crippen LogP contribution in [0, 0.1) is 10.1 Å². The molecule has 2 rings (SSSR count). The molecule has 25 heavy (non-hydrogen) atoms. The number of nitro groups is 1. The standard InChI is InChI=1S/C15H15N3O6S/c1-16-25(23,24)13-4-2-3-10(8-13)15(20)17-9-11-7-12(18(21)22)5-6-14(11)19/h2-8,16,19H,9H2,1H3,(H,17,20). The van der Waals surface area contributed by atoms with Crippen LogP contribution in [0.2, 0.25) is 0 Å². The number of phenols is 1. The Morgan fingerprint density at radius 1 is 1.24 bits per heavy atom. The van der Waals surface area contributed by atoms with E-state index < -0.39 is 20.9 Å². The van der Waals surface area contributed by atoms with Crippen LogP contribution < -0.4 is 10.0 Å². The zero-order chi connectivity index (χ0) is 18.6. The van der Waals surface area contributed by atoms with Gasteiger partial charge in [0.2, 0.25) is 10.0 Å². The molecular formula is C15H15N3O6S. The highest BCUT2D eigenvalue weighted by Crippen LogP contribution is 2.22. The van der Waals surface area contributed by atoms with E-state index in [0.717, 1.165) is 12.1 Å². The summed E-state index contributed by atoms with van der Waals surface area (Å²) in [5.41, 5.74) is 0.0481. The largest absolute Gasteiger partial charge is 0.508 e. The van der Waals surface area contributed by atoms with Gasteiger partial charge in [-0.2, -0.15) is 0 Å². The lowest BCUT2D eigenvalue weighted by Gasteiger charge is -2.08. The number of nitrogens with zero attached hydrogens (tertiary/aromatic N) is 1. The molecule has 0 aromatic heterocycles. The van der Waals surface area contributed by atoms with Crippen molar-refractivity contribution in [1.82, 2.24) is 10.0 Å². The molecule has 0 fully saturated rings. The van der Waals surface area contributed by atoms with Crippen LogP contribution in [0.15, 0.2) is 47.4 Å². The Morgan fingerprint density at radius 2 is 1.96 bits per heavy atom. The van der Waals surface area contributed by atoms with E-state index in [1.54, 1.807) is 0 Å². The molecule has 3 N–H and O–H groups in total. The maximum atomic E-state index is 12.2. The van der Waals surface area contributed by atoms with Crippen LogP contribution in [-0.4, -0.2) is 31.4 Å². The van der Waals surface area contributed by atoms with Gasteiger partial charge in [0.1, 0.15) is 5.75 Å². The van der Waals surface area contributed by atoms with Crippen molar-refractivity contribution < 1.29 is 23.2 Å². The molecule has 0 aliphatic heterocycles. The molecule has 0 unspecified atom stereocenters. The number of carbonyl (C=O) groups excluding carboxylic acids is 1. The van der Waals surface area contributed by atoms with Crippen molar-refractivity contribution in [3.63, 3.8) is 0 Å². The number of hydrogen-bond donors (Lipinski definition) is 3. The van der Waals surface area contributed by atoms with Gasteiger partial charge in [-0.15, -0.1) is 0 Å². The Bertz CT molecular complexity index is 927. The fourth-order valence-electron chi connectivity index (χ4n) is 2.03. The molecule has 0 aliphatic carbocycles. The van der Waals surface area contributed by atoms with Gasteiger partial charge in [0.25, 0.3) is 11.6 Å².